The highest BCUT2D eigenvalue weighted by atomic mass is 35.5. The van der Waals surface area contributed by atoms with Gasteiger partial charge >= 0.3 is 0 Å². The average Bonchev–Trinajstić information content (AvgIpc) is 3.36. The van der Waals surface area contributed by atoms with Crippen molar-refractivity contribution in [2.24, 2.45) is 0 Å². The molecule has 1 saturated heterocycles. The molecule has 0 saturated carbocycles. The molecule has 3 aromatic rings. The summed E-state index contributed by atoms with van der Waals surface area (Å²) in [5.74, 6) is 0.616. The van der Waals surface area contributed by atoms with Crippen LogP contribution in [0.3, 0.4) is 0 Å². The summed E-state index contributed by atoms with van der Waals surface area (Å²) in [5, 5.41) is 5.43. The maximum absolute atomic E-state index is 12.7. The van der Waals surface area contributed by atoms with Crippen molar-refractivity contribution >= 4 is 39.1 Å². The van der Waals surface area contributed by atoms with Crippen molar-refractivity contribution in [1.82, 2.24) is 14.7 Å². The van der Waals surface area contributed by atoms with Gasteiger partial charge in [-0.1, -0.05) is 41.9 Å². The molecule has 6 nitrogen and oxygen atoms in total. The van der Waals surface area contributed by atoms with Gasteiger partial charge in [-0.2, -0.15) is 5.10 Å². The largest absolute Gasteiger partial charge is 0.341 e. The van der Waals surface area contributed by atoms with Crippen LogP contribution in [0.15, 0.2) is 60.8 Å². The molecular weight excluding hydrogens is 466 g/mol. The van der Waals surface area contributed by atoms with E-state index < -0.39 is 9.84 Å². The third kappa shape index (κ3) is 5.54. The number of rotatable bonds is 7. The number of aromatic nitrogens is 2. The predicted molar refractivity (Wildman–Crippen MR) is 130 cm³/mol. The van der Waals surface area contributed by atoms with Crippen LogP contribution in [-0.4, -0.2) is 58.6 Å². The molecule has 0 radical (unpaired) electrons. The van der Waals surface area contributed by atoms with E-state index in [-0.39, 0.29) is 28.4 Å². The van der Waals surface area contributed by atoms with Crippen LogP contribution >= 0.6 is 23.4 Å². The van der Waals surface area contributed by atoms with Crippen LogP contribution in [0.1, 0.15) is 12.0 Å². The molecule has 1 atom stereocenters. The van der Waals surface area contributed by atoms with E-state index >= 15 is 0 Å². The van der Waals surface area contributed by atoms with Crippen LogP contribution in [0.5, 0.6) is 0 Å². The monoisotopic (exact) mass is 489 g/mol. The standard InChI is InChI=1S/C23H24ClN3O3S2/c1-26(22(28)15-31-21-11-12-32(29,30)16-21)13-18-14-27(20-5-3-2-4-6-20)25-23(18)17-7-9-19(24)10-8-17/h2-10,14,21H,11-13,15-16H2,1H3. The van der Waals surface area contributed by atoms with Gasteiger partial charge in [0.15, 0.2) is 9.84 Å². The molecule has 9 heteroatoms. The minimum atomic E-state index is -2.94. The van der Waals surface area contributed by atoms with E-state index in [1.54, 1.807) is 11.9 Å². The number of carbonyl (C=O) groups excluding carboxylic acids is 1. The summed E-state index contributed by atoms with van der Waals surface area (Å²) < 4.78 is 25.1. The van der Waals surface area contributed by atoms with Crippen molar-refractivity contribution in [2.45, 2.75) is 18.2 Å². The first-order valence-corrected chi connectivity index (χ1v) is 13.5. The normalized spacial score (nSPS) is 17.4. The second-order valence-electron chi connectivity index (χ2n) is 7.88. The summed E-state index contributed by atoms with van der Waals surface area (Å²) in [6.07, 6.45) is 2.56. The summed E-state index contributed by atoms with van der Waals surface area (Å²) in [5.41, 5.74) is 3.56. The van der Waals surface area contributed by atoms with Gasteiger partial charge in [-0.25, -0.2) is 13.1 Å². The number of hydrogen-bond donors (Lipinski definition) is 0. The highest BCUT2D eigenvalue weighted by Gasteiger charge is 2.29. The Kier molecular flexibility index (Phi) is 6.93. The lowest BCUT2D eigenvalue weighted by Gasteiger charge is -2.18. The molecule has 2 heterocycles. The Bertz CT molecular complexity index is 1190. The lowest BCUT2D eigenvalue weighted by molar-refractivity contribution is -0.127. The predicted octanol–water partition coefficient (Wildman–Crippen LogP) is 4.07. The van der Waals surface area contributed by atoms with Crippen molar-refractivity contribution in [2.75, 3.05) is 24.3 Å². The van der Waals surface area contributed by atoms with Crippen LogP contribution in [-0.2, 0) is 21.2 Å². The van der Waals surface area contributed by atoms with E-state index in [9.17, 15) is 13.2 Å². The van der Waals surface area contributed by atoms with Crippen molar-refractivity contribution in [3.05, 3.63) is 71.4 Å². The molecule has 1 unspecified atom stereocenters. The van der Waals surface area contributed by atoms with Crippen LogP contribution in [0, 0.1) is 0 Å². The first-order chi connectivity index (χ1) is 15.3. The molecule has 0 aliphatic carbocycles. The molecule has 1 fully saturated rings. The van der Waals surface area contributed by atoms with Gasteiger partial charge in [0.05, 0.1) is 28.6 Å². The molecule has 168 valence electrons. The number of thioether (sulfide) groups is 1. The maximum atomic E-state index is 12.7. The van der Waals surface area contributed by atoms with E-state index in [1.165, 1.54) is 11.8 Å². The van der Waals surface area contributed by atoms with Gasteiger partial charge < -0.3 is 4.90 Å². The molecule has 1 aromatic heterocycles. The van der Waals surface area contributed by atoms with Crippen molar-refractivity contribution in [3.63, 3.8) is 0 Å². The first-order valence-electron chi connectivity index (χ1n) is 10.3. The van der Waals surface area contributed by atoms with Crippen molar-refractivity contribution in [3.8, 4) is 16.9 Å². The summed E-state index contributed by atoms with van der Waals surface area (Å²) in [6.45, 7) is 0.396. The van der Waals surface area contributed by atoms with Gasteiger partial charge in [0.2, 0.25) is 5.91 Å². The molecule has 2 aromatic carbocycles. The van der Waals surface area contributed by atoms with E-state index in [0.717, 1.165) is 22.5 Å². The van der Waals surface area contributed by atoms with E-state index in [2.05, 4.69) is 0 Å². The molecule has 1 aliphatic heterocycles. The fourth-order valence-electron chi connectivity index (χ4n) is 3.62. The SMILES string of the molecule is CN(Cc1cn(-c2ccccc2)nc1-c1ccc(Cl)cc1)C(=O)CSC1CCS(=O)(=O)C1. The molecule has 0 N–H and O–H groups in total. The summed E-state index contributed by atoms with van der Waals surface area (Å²) in [6, 6.07) is 17.3. The second kappa shape index (κ2) is 9.68. The summed E-state index contributed by atoms with van der Waals surface area (Å²) in [7, 11) is -1.18. The quantitative estimate of drug-likeness (QED) is 0.500. The van der Waals surface area contributed by atoms with Crippen LogP contribution in [0.2, 0.25) is 5.02 Å². The number of carbonyl (C=O) groups is 1. The van der Waals surface area contributed by atoms with Crippen LogP contribution in [0.4, 0.5) is 0 Å². The second-order valence-corrected chi connectivity index (χ2v) is 11.8. The number of halogens is 1. The Balaban J connectivity index is 1.51. The van der Waals surface area contributed by atoms with Crippen molar-refractivity contribution in [1.29, 1.82) is 0 Å². The molecule has 0 spiro atoms. The minimum Gasteiger partial charge on any atom is -0.341 e. The first kappa shape index (κ1) is 22.9. The van der Waals surface area contributed by atoms with Gasteiger partial charge in [-0.15, -0.1) is 11.8 Å². The molecule has 0 bridgehead atoms. The van der Waals surface area contributed by atoms with Gasteiger partial charge in [0, 0.05) is 41.2 Å². The average molecular weight is 490 g/mol. The van der Waals surface area contributed by atoms with E-state index in [1.807, 2.05) is 65.5 Å². The summed E-state index contributed by atoms with van der Waals surface area (Å²) >= 11 is 7.49. The minimum absolute atomic E-state index is 0.00260. The topological polar surface area (TPSA) is 72.3 Å². The molecular formula is C23H24ClN3O3S2. The van der Waals surface area contributed by atoms with E-state index in [0.29, 0.717) is 18.0 Å². The third-order valence-electron chi connectivity index (χ3n) is 5.39. The highest BCUT2D eigenvalue weighted by Crippen LogP contribution is 2.27. The number of sulfone groups is 1. The fraction of sp³-hybridized carbons (Fsp3) is 0.304. The van der Waals surface area contributed by atoms with Gasteiger partial charge in [-0.05, 0) is 30.7 Å². The molecule has 1 aliphatic rings. The maximum Gasteiger partial charge on any atom is 0.232 e. The van der Waals surface area contributed by atoms with Crippen molar-refractivity contribution < 1.29 is 13.2 Å². The Labute approximate surface area is 197 Å². The number of nitrogens with zero attached hydrogens (tertiary/aromatic N) is 3. The molecule has 1 amide bonds. The zero-order chi connectivity index (χ0) is 22.7. The molecule has 4 rings (SSSR count). The zero-order valence-corrected chi connectivity index (χ0v) is 20.0. The Morgan fingerprint density at radius 3 is 2.56 bits per heavy atom. The third-order valence-corrected chi connectivity index (χ3v) is 8.91. The number of para-hydroxylation sites is 1. The van der Waals surface area contributed by atoms with Crippen LogP contribution < -0.4 is 0 Å². The Morgan fingerprint density at radius 2 is 1.91 bits per heavy atom. The molecule has 32 heavy (non-hydrogen) atoms. The van der Waals surface area contributed by atoms with Gasteiger partial charge in [0.25, 0.3) is 0 Å². The Morgan fingerprint density at radius 1 is 1.19 bits per heavy atom. The lowest BCUT2D eigenvalue weighted by atomic mass is 10.1. The Hall–Kier alpha value is -2.29. The number of hydrogen-bond acceptors (Lipinski definition) is 5. The lowest BCUT2D eigenvalue weighted by Crippen LogP contribution is -2.28. The zero-order valence-electron chi connectivity index (χ0n) is 17.6. The van der Waals surface area contributed by atoms with Crippen LogP contribution in [0.25, 0.3) is 16.9 Å². The fourth-order valence-corrected chi connectivity index (χ4v) is 7.33. The smallest absolute Gasteiger partial charge is 0.232 e. The van der Waals surface area contributed by atoms with Gasteiger partial charge in [-0.3, -0.25) is 4.79 Å². The number of amides is 1. The summed E-state index contributed by atoms with van der Waals surface area (Å²) in [4.78, 5) is 14.4. The number of benzene rings is 2. The van der Waals surface area contributed by atoms with E-state index in [4.69, 9.17) is 16.7 Å². The van der Waals surface area contributed by atoms with Gasteiger partial charge in [0.1, 0.15) is 0 Å². The highest BCUT2D eigenvalue weighted by molar-refractivity contribution is 8.02.